The van der Waals surface area contributed by atoms with Gasteiger partial charge in [-0.3, -0.25) is 4.98 Å². The van der Waals surface area contributed by atoms with E-state index in [4.69, 9.17) is 0 Å². The molecule has 1 unspecified atom stereocenters. The quantitative estimate of drug-likeness (QED) is 0.686. The lowest BCUT2D eigenvalue weighted by atomic mass is 10.1. The van der Waals surface area contributed by atoms with Gasteiger partial charge in [0, 0.05) is 11.9 Å². The standard InChI is InChI=1S/C15H12BrFN2S/c1-9(19-11-2-3-12(16)13(17)7-11)10-6-15-14(18-8-10)4-5-20-15/h2-9,19H,1H3. The van der Waals surface area contributed by atoms with Crippen molar-refractivity contribution in [1.82, 2.24) is 4.98 Å². The predicted octanol–water partition coefficient (Wildman–Crippen LogP) is 5.37. The fourth-order valence-electron chi connectivity index (χ4n) is 2.02. The van der Waals surface area contributed by atoms with Crippen molar-refractivity contribution in [3.63, 3.8) is 0 Å². The maximum Gasteiger partial charge on any atom is 0.139 e. The third-order valence-electron chi connectivity index (χ3n) is 3.13. The molecule has 5 heteroatoms. The van der Waals surface area contributed by atoms with Gasteiger partial charge in [0.25, 0.3) is 0 Å². The van der Waals surface area contributed by atoms with Crippen LogP contribution in [0.4, 0.5) is 10.1 Å². The molecular weight excluding hydrogens is 339 g/mol. The van der Waals surface area contributed by atoms with Crippen LogP contribution in [0, 0.1) is 5.82 Å². The van der Waals surface area contributed by atoms with Crippen molar-refractivity contribution in [2.24, 2.45) is 0 Å². The molecule has 0 fully saturated rings. The highest BCUT2D eigenvalue weighted by atomic mass is 79.9. The molecule has 0 saturated carbocycles. The third-order valence-corrected chi connectivity index (χ3v) is 4.62. The zero-order chi connectivity index (χ0) is 14.1. The Labute approximate surface area is 128 Å². The fourth-order valence-corrected chi connectivity index (χ4v) is 3.05. The van der Waals surface area contributed by atoms with Crippen LogP contribution < -0.4 is 5.32 Å². The summed E-state index contributed by atoms with van der Waals surface area (Å²) in [6.45, 7) is 2.04. The Kier molecular flexibility index (Phi) is 3.72. The van der Waals surface area contributed by atoms with Gasteiger partial charge in [-0.1, -0.05) is 0 Å². The normalized spacial score (nSPS) is 12.6. The van der Waals surface area contributed by atoms with Crippen LogP contribution >= 0.6 is 27.3 Å². The first kappa shape index (κ1) is 13.5. The zero-order valence-electron chi connectivity index (χ0n) is 10.7. The summed E-state index contributed by atoms with van der Waals surface area (Å²) in [5.74, 6) is -0.269. The number of anilines is 1. The molecule has 3 aromatic rings. The molecule has 1 atom stereocenters. The van der Waals surface area contributed by atoms with E-state index in [1.807, 2.05) is 30.6 Å². The van der Waals surface area contributed by atoms with Crippen LogP contribution in [-0.2, 0) is 0 Å². The van der Waals surface area contributed by atoms with Crippen LogP contribution in [0.1, 0.15) is 18.5 Å². The van der Waals surface area contributed by atoms with Gasteiger partial charge in [0.15, 0.2) is 0 Å². The van der Waals surface area contributed by atoms with Crippen molar-refractivity contribution in [2.45, 2.75) is 13.0 Å². The van der Waals surface area contributed by atoms with Crippen LogP contribution in [0.15, 0.2) is 46.4 Å². The molecule has 1 aromatic carbocycles. The van der Waals surface area contributed by atoms with Crippen LogP contribution in [0.2, 0.25) is 0 Å². The second kappa shape index (κ2) is 5.50. The molecule has 3 rings (SSSR count). The summed E-state index contributed by atoms with van der Waals surface area (Å²) in [7, 11) is 0. The summed E-state index contributed by atoms with van der Waals surface area (Å²) >= 11 is 4.82. The minimum Gasteiger partial charge on any atom is -0.378 e. The summed E-state index contributed by atoms with van der Waals surface area (Å²) in [4.78, 5) is 4.42. The number of aromatic nitrogens is 1. The van der Waals surface area contributed by atoms with Crippen LogP contribution in [0.3, 0.4) is 0 Å². The third kappa shape index (κ3) is 2.69. The van der Waals surface area contributed by atoms with E-state index in [0.717, 1.165) is 21.5 Å². The van der Waals surface area contributed by atoms with Gasteiger partial charge in [0.05, 0.1) is 20.7 Å². The minimum atomic E-state index is -0.269. The molecule has 0 spiro atoms. The molecule has 0 aliphatic heterocycles. The van der Waals surface area contributed by atoms with E-state index < -0.39 is 0 Å². The number of fused-ring (bicyclic) bond motifs is 1. The number of halogens is 2. The number of nitrogens with one attached hydrogen (secondary N) is 1. The largest absolute Gasteiger partial charge is 0.378 e. The fraction of sp³-hybridized carbons (Fsp3) is 0.133. The Balaban J connectivity index is 1.84. The van der Waals surface area contributed by atoms with Crippen molar-refractivity contribution in [2.75, 3.05) is 5.32 Å². The molecule has 0 bridgehead atoms. The molecule has 0 aliphatic rings. The number of benzene rings is 1. The number of hydrogen-bond donors (Lipinski definition) is 1. The second-order valence-corrected chi connectivity index (χ2v) is 6.37. The maximum absolute atomic E-state index is 13.5. The molecule has 0 saturated heterocycles. The van der Waals surface area contributed by atoms with Gasteiger partial charge < -0.3 is 5.32 Å². The number of hydrogen-bond acceptors (Lipinski definition) is 3. The first-order valence-corrected chi connectivity index (χ1v) is 7.85. The lowest BCUT2D eigenvalue weighted by molar-refractivity contribution is 0.621. The van der Waals surface area contributed by atoms with E-state index in [-0.39, 0.29) is 11.9 Å². The number of thiophene rings is 1. The van der Waals surface area contributed by atoms with E-state index in [1.165, 1.54) is 6.07 Å². The summed E-state index contributed by atoms with van der Waals surface area (Å²) in [6.07, 6.45) is 1.86. The molecule has 2 nitrogen and oxygen atoms in total. The highest BCUT2D eigenvalue weighted by molar-refractivity contribution is 9.10. The Morgan fingerprint density at radius 3 is 2.95 bits per heavy atom. The first-order valence-electron chi connectivity index (χ1n) is 6.18. The molecule has 2 aromatic heterocycles. The molecule has 0 amide bonds. The average Bonchev–Trinajstić information content (AvgIpc) is 2.90. The smallest absolute Gasteiger partial charge is 0.139 e. The van der Waals surface area contributed by atoms with Crippen molar-refractivity contribution in [3.8, 4) is 0 Å². The van der Waals surface area contributed by atoms with Crippen LogP contribution in [0.5, 0.6) is 0 Å². The lowest BCUT2D eigenvalue weighted by Gasteiger charge is -2.15. The van der Waals surface area contributed by atoms with Gasteiger partial charge in [-0.05, 0) is 64.1 Å². The Morgan fingerprint density at radius 2 is 2.15 bits per heavy atom. The summed E-state index contributed by atoms with van der Waals surface area (Å²) in [5, 5.41) is 5.32. The average molecular weight is 351 g/mol. The lowest BCUT2D eigenvalue weighted by Crippen LogP contribution is -2.07. The highest BCUT2D eigenvalue weighted by Gasteiger charge is 2.09. The van der Waals surface area contributed by atoms with Gasteiger partial charge in [-0.15, -0.1) is 11.3 Å². The number of rotatable bonds is 3. The first-order chi connectivity index (χ1) is 9.63. The summed E-state index contributed by atoms with van der Waals surface area (Å²) in [6, 6.07) is 9.23. The minimum absolute atomic E-state index is 0.0644. The van der Waals surface area contributed by atoms with Crippen molar-refractivity contribution >= 4 is 43.2 Å². The molecule has 0 radical (unpaired) electrons. The van der Waals surface area contributed by atoms with Crippen LogP contribution in [0.25, 0.3) is 10.2 Å². The Morgan fingerprint density at radius 1 is 1.30 bits per heavy atom. The second-order valence-electron chi connectivity index (χ2n) is 4.57. The maximum atomic E-state index is 13.5. The zero-order valence-corrected chi connectivity index (χ0v) is 13.1. The van der Waals surface area contributed by atoms with E-state index >= 15 is 0 Å². The van der Waals surface area contributed by atoms with E-state index in [1.54, 1.807) is 17.4 Å². The Bertz CT molecular complexity index is 756. The van der Waals surface area contributed by atoms with Gasteiger partial charge in [-0.2, -0.15) is 0 Å². The molecule has 2 heterocycles. The number of pyridine rings is 1. The topological polar surface area (TPSA) is 24.9 Å². The summed E-state index contributed by atoms with van der Waals surface area (Å²) < 4.78 is 15.1. The van der Waals surface area contributed by atoms with Gasteiger partial charge >= 0.3 is 0 Å². The van der Waals surface area contributed by atoms with Crippen molar-refractivity contribution in [3.05, 3.63) is 57.8 Å². The number of nitrogens with zero attached hydrogens (tertiary/aromatic N) is 1. The molecular formula is C15H12BrFN2S. The van der Waals surface area contributed by atoms with E-state index in [9.17, 15) is 4.39 Å². The van der Waals surface area contributed by atoms with Gasteiger partial charge in [-0.25, -0.2) is 4.39 Å². The van der Waals surface area contributed by atoms with E-state index in [2.05, 4.69) is 32.3 Å². The molecule has 102 valence electrons. The van der Waals surface area contributed by atoms with Crippen molar-refractivity contribution < 1.29 is 4.39 Å². The highest BCUT2D eigenvalue weighted by Crippen LogP contribution is 2.26. The summed E-state index contributed by atoms with van der Waals surface area (Å²) in [5.41, 5.74) is 2.85. The van der Waals surface area contributed by atoms with Crippen molar-refractivity contribution in [1.29, 1.82) is 0 Å². The molecule has 1 N–H and O–H groups in total. The Hall–Kier alpha value is -1.46. The molecule has 20 heavy (non-hydrogen) atoms. The molecule has 0 aliphatic carbocycles. The van der Waals surface area contributed by atoms with Gasteiger partial charge in [0.1, 0.15) is 5.82 Å². The SMILES string of the molecule is CC(Nc1ccc(Br)c(F)c1)c1cnc2ccsc2c1. The van der Waals surface area contributed by atoms with Crippen LogP contribution in [-0.4, -0.2) is 4.98 Å². The van der Waals surface area contributed by atoms with Gasteiger partial charge in [0.2, 0.25) is 0 Å². The monoisotopic (exact) mass is 350 g/mol. The predicted molar refractivity (Wildman–Crippen MR) is 85.8 cm³/mol. The van der Waals surface area contributed by atoms with E-state index in [0.29, 0.717) is 4.47 Å².